The molecule has 1 N–H and O–H groups in total. The molecule has 1 aromatic heterocycles. The molecule has 5 rings (SSSR count). The van der Waals surface area contributed by atoms with Gasteiger partial charge in [0.1, 0.15) is 11.5 Å². The summed E-state index contributed by atoms with van der Waals surface area (Å²) in [5.74, 6) is 0.889. The molecule has 9 heteroatoms. The summed E-state index contributed by atoms with van der Waals surface area (Å²) in [6, 6.07) is 21.0. The van der Waals surface area contributed by atoms with Gasteiger partial charge in [-0.1, -0.05) is 53.3 Å². The first-order valence-corrected chi connectivity index (χ1v) is 13.0. The summed E-state index contributed by atoms with van der Waals surface area (Å²) in [5, 5.41) is 3.50. The summed E-state index contributed by atoms with van der Waals surface area (Å²) in [6.07, 6.45) is 1.77. The van der Waals surface area contributed by atoms with Crippen molar-refractivity contribution in [3.8, 4) is 11.5 Å². The lowest BCUT2D eigenvalue weighted by Crippen LogP contribution is -2.40. The third kappa shape index (κ3) is 4.88. The van der Waals surface area contributed by atoms with Gasteiger partial charge in [0, 0.05) is 22.3 Å². The molecule has 0 bridgehead atoms. The Hall–Kier alpha value is -4.14. The van der Waals surface area contributed by atoms with E-state index in [1.807, 2.05) is 48.5 Å². The summed E-state index contributed by atoms with van der Waals surface area (Å²) < 4.78 is 12.8. The van der Waals surface area contributed by atoms with Crippen molar-refractivity contribution >= 4 is 40.6 Å². The van der Waals surface area contributed by atoms with Gasteiger partial charge in [-0.05, 0) is 55.0 Å². The summed E-state index contributed by atoms with van der Waals surface area (Å²) in [6.45, 7) is 1.78. The SMILES string of the molecule is COc1ccc(/C=c2\sc3n(c2=O)[C@@H](c2ccc(Cl)cc2)C(C(=O)Nc2ccccc2)=C(C)N=3)c(OC)c1. The fourth-order valence-corrected chi connectivity index (χ4v) is 5.53. The van der Waals surface area contributed by atoms with Crippen molar-refractivity contribution in [1.82, 2.24) is 4.57 Å². The summed E-state index contributed by atoms with van der Waals surface area (Å²) in [7, 11) is 3.15. The van der Waals surface area contributed by atoms with Gasteiger partial charge < -0.3 is 14.8 Å². The van der Waals surface area contributed by atoms with Crippen LogP contribution in [0.4, 0.5) is 5.69 Å². The highest BCUT2D eigenvalue weighted by Crippen LogP contribution is 2.31. The van der Waals surface area contributed by atoms with Crippen molar-refractivity contribution in [2.45, 2.75) is 13.0 Å². The fraction of sp³-hybridized carbons (Fsp3) is 0.138. The lowest BCUT2D eigenvalue weighted by molar-refractivity contribution is -0.113. The van der Waals surface area contributed by atoms with Crippen LogP contribution >= 0.6 is 22.9 Å². The first-order chi connectivity index (χ1) is 18.4. The molecule has 7 nitrogen and oxygen atoms in total. The number of carbonyl (C=O) groups is 1. The fourth-order valence-electron chi connectivity index (χ4n) is 4.37. The van der Waals surface area contributed by atoms with Crippen molar-refractivity contribution < 1.29 is 14.3 Å². The Bertz CT molecular complexity index is 1720. The van der Waals surface area contributed by atoms with Gasteiger partial charge in [0.05, 0.1) is 36.1 Å². The highest BCUT2D eigenvalue weighted by Gasteiger charge is 2.32. The standard InChI is InChI=1S/C29H24ClN3O4S/c1-17-25(27(34)32-21-7-5-4-6-8-21)26(18-9-12-20(30)13-10-18)33-28(35)24(38-29(33)31-17)15-19-11-14-22(36-2)16-23(19)37-3/h4-16,26H,1-3H3,(H,32,34)/b24-15-/t26-/m0/s1. The van der Waals surface area contributed by atoms with E-state index in [-0.39, 0.29) is 11.5 Å². The van der Waals surface area contributed by atoms with Gasteiger partial charge in [0.15, 0.2) is 4.80 Å². The zero-order valence-corrected chi connectivity index (χ0v) is 22.5. The molecule has 1 aliphatic heterocycles. The number of ether oxygens (including phenoxy) is 2. The molecular formula is C29H24ClN3O4S. The van der Waals surface area contributed by atoms with Crippen LogP contribution in [0.5, 0.6) is 11.5 Å². The zero-order chi connectivity index (χ0) is 26.8. The minimum Gasteiger partial charge on any atom is -0.497 e. The van der Waals surface area contributed by atoms with E-state index in [9.17, 15) is 9.59 Å². The van der Waals surface area contributed by atoms with Gasteiger partial charge >= 0.3 is 0 Å². The smallest absolute Gasteiger partial charge is 0.271 e. The van der Waals surface area contributed by atoms with Crippen molar-refractivity contribution in [1.29, 1.82) is 0 Å². The third-order valence-corrected chi connectivity index (χ3v) is 7.45. The van der Waals surface area contributed by atoms with Gasteiger partial charge in [-0.25, -0.2) is 4.99 Å². The molecule has 0 aliphatic carbocycles. The number of hydrogen-bond acceptors (Lipinski definition) is 6. The summed E-state index contributed by atoms with van der Waals surface area (Å²) in [4.78, 5) is 32.6. The number of nitrogens with zero attached hydrogens (tertiary/aromatic N) is 2. The molecule has 1 atom stereocenters. The third-order valence-electron chi connectivity index (χ3n) is 6.21. The van der Waals surface area contributed by atoms with E-state index in [1.165, 1.54) is 11.3 Å². The normalized spacial score (nSPS) is 15.1. The molecule has 0 saturated carbocycles. The Labute approximate surface area is 228 Å². The highest BCUT2D eigenvalue weighted by molar-refractivity contribution is 7.07. The van der Waals surface area contributed by atoms with Gasteiger partial charge in [-0.15, -0.1) is 0 Å². The quantitative estimate of drug-likeness (QED) is 0.385. The number of benzene rings is 3. The van der Waals surface area contributed by atoms with E-state index in [2.05, 4.69) is 10.3 Å². The molecule has 1 aliphatic rings. The summed E-state index contributed by atoms with van der Waals surface area (Å²) in [5.41, 5.74) is 2.78. The van der Waals surface area contributed by atoms with Crippen LogP contribution in [-0.4, -0.2) is 24.7 Å². The molecule has 0 saturated heterocycles. The number of rotatable bonds is 6. The van der Waals surface area contributed by atoms with E-state index in [1.54, 1.807) is 56.1 Å². The van der Waals surface area contributed by atoms with E-state index in [0.29, 0.717) is 42.8 Å². The number of carbonyl (C=O) groups excluding carboxylic acids is 1. The number of para-hydroxylation sites is 1. The first-order valence-electron chi connectivity index (χ1n) is 11.8. The maximum Gasteiger partial charge on any atom is 0.271 e. The number of hydrogen-bond donors (Lipinski definition) is 1. The Balaban J connectivity index is 1.67. The Morgan fingerprint density at radius 3 is 2.47 bits per heavy atom. The average Bonchev–Trinajstić information content (AvgIpc) is 3.23. The van der Waals surface area contributed by atoms with Crippen LogP contribution in [0.3, 0.4) is 0 Å². The van der Waals surface area contributed by atoms with Crippen LogP contribution in [0.15, 0.2) is 93.9 Å². The number of methoxy groups -OCH3 is 2. The Morgan fingerprint density at radius 2 is 1.79 bits per heavy atom. The molecule has 1 amide bonds. The number of nitrogens with one attached hydrogen (secondary N) is 1. The van der Waals surface area contributed by atoms with E-state index in [0.717, 1.165) is 11.1 Å². The predicted octanol–water partition coefficient (Wildman–Crippen LogP) is 4.54. The topological polar surface area (TPSA) is 81.9 Å². The monoisotopic (exact) mass is 545 g/mol. The molecule has 0 fully saturated rings. The van der Waals surface area contributed by atoms with Crippen LogP contribution < -0.4 is 29.7 Å². The zero-order valence-electron chi connectivity index (χ0n) is 20.9. The average molecular weight is 546 g/mol. The van der Waals surface area contributed by atoms with E-state index < -0.39 is 6.04 Å². The largest absolute Gasteiger partial charge is 0.497 e. The second-order valence-corrected chi connectivity index (χ2v) is 10.0. The Morgan fingerprint density at radius 1 is 1.05 bits per heavy atom. The van der Waals surface area contributed by atoms with Crippen LogP contribution in [0.2, 0.25) is 5.02 Å². The molecule has 2 heterocycles. The lowest BCUT2D eigenvalue weighted by atomic mass is 9.95. The number of anilines is 1. The number of fused-ring (bicyclic) bond motifs is 1. The van der Waals surface area contributed by atoms with Crippen LogP contribution in [0, 0.1) is 0 Å². The van der Waals surface area contributed by atoms with Gasteiger partial charge in [-0.3, -0.25) is 14.2 Å². The van der Waals surface area contributed by atoms with Gasteiger partial charge in [-0.2, -0.15) is 0 Å². The summed E-state index contributed by atoms with van der Waals surface area (Å²) >= 11 is 7.42. The minimum absolute atomic E-state index is 0.260. The van der Waals surface area contributed by atoms with Crippen molar-refractivity contribution in [2.24, 2.45) is 4.99 Å². The number of aromatic nitrogens is 1. The second-order valence-electron chi connectivity index (χ2n) is 8.56. The molecular weight excluding hydrogens is 522 g/mol. The second kappa shape index (κ2) is 10.7. The lowest BCUT2D eigenvalue weighted by Gasteiger charge is -2.25. The van der Waals surface area contributed by atoms with Crippen LogP contribution in [0.25, 0.3) is 6.08 Å². The molecule has 0 radical (unpaired) electrons. The highest BCUT2D eigenvalue weighted by atomic mass is 35.5. The molecule has 4 aromatic rings. The van der Waals surface area contributed by atoms with Gasteiger partial charge in [0.25, 0.3) is 11.5 Å². The van der Waals surface area contributed by atoms with Crippen LogP contribution in [-0.2, 0) is 4.79 Å². The van der Waals surface area contributed by atoms with E-state index in [4.69, 9.17) is 21.1 Å². The molecule has 3 aromatic carbocycles. The maximum absolute atomic E-state index is 13.9. The first kappa shape index (κ1) is 25.5. The number of thiazole rings is 1. The maximum atomic E-state index is 13.9. The van der Waals surface area contributed by atoms with E-state index >= 15 is 0 Å². The van der Waals surface area contributed by atoms with Gasteiger partial charge in [0.2, 0.25) is 0 Å². The van der Waals surface area contributed by atoms with Crippen molar-refractivity contribution in [3.05, 3.63) is 120 Å². The number of amides is 1. The molecule has 38 heavy (non-hydrogen) atoms. The number of halogens is 1. The molecule has 192 valence electrons. The Kier molecular flexibility index (Phi) is 7.18. The van der Waals surface area contributed by atoms with Crippen molar-refractivity contribution in [3.63, 3.8) is 0 Å². The van der Waals surface area contributed by atoms with Crippen LogP contribution in [0.1, 0.15) is 24.1 Å². The predicted molar refractivity (Wildman–Crippen MR) is 150 cm³/mol. The van der Waals surface area contributed by atoms with Crippen molar-refractivity contribution in [2.75, 3.05) is 19.5 Å². The number of allylic oxidation sites excluding steroid dienone is 1. The molecule has 0 spiro atoms. The minimum atomic E-state index is -0.688. The molecule has 0 unspecified atom stereocenters.